The Hall–Kier alpha value is -1.88. The Bertz CT molecular complexity index is 581. The third kappa shape index (κ3) is 2.82. The molecule has 5 heteroatoms. The predicted molar refractivity (Wildman–Crippen MR) is 82.3 cm³/mol. The lowest BCUT2D eigenvalue weighted by atomic mass is 9.90. The van der Waals surface area contributed by atoms with Gasteiger partial charge in [0.2, 0.25) is 0 Å². The van der Waals surface area contributed by atoms with Gasteiger partial charge in [-0.25, -0.2) is 0 Å². The van der Waals surface area contributed by atoms with Crippen molar-refractivity contribution < 1.29 is 9.90 Å². The summed E-state index contributed by atoms with van der Waals surface area (Å²) in [5, 5.41) is 16.3. The van der Waals surface area contributed by atoms with Crippen LogP contribution in [0.3, 0.4) is 0 Å². The van der Waals surface area contributed by atoms with Gasteiger partial charge in [-0.05, 0) is 36.3 Å². The molecule has 106 valence electrons. The fourth-order valence-corrected chi connectivity index (χ4v) is 2.61. The highest BCUT2D eigenvalue weighted by molar-refractivity contribution is 7.80. The maximum Gasteiger partial charge on any atom is 0.171 e. The highest BCUT2D eigenvalue weighted by Crippen LogP contribution is 2.30. The van der Waals surface area contributed by atoms with Crippen molar-refractivity contribution in [2.24, 2.45) is 0 Å². The summed E-state index contributed by atoms with van der Waals surface area (Å²) < 4.78 is 0. The zero-order chi connectivity index (χ0) is 14.7. The van der Waals surface area contributed by atoms with Crippen LogP contribution in [0.5, 0.6) is 5.75 Å². The monoisotopic (exact) mass is 290 g/mol. The van der Waals surface area contributed by atoms with Crippen molar-refractivity contribution in [2.45, 2.75) is 32.7 Å². The fourth-order valence-electron chi connectivity index (χ4n) is 2.37. The predicted octanol–water partition coefficient (Wildman–Crippen LogP) is 2.55. The maximum atomic E-state index is 12.3. The van der Waals surface area contributed by atoms with E-state index in [1.807, 2.05) is 19.9 Å². The molecule has 1 aliphatic heterocycles. The Balaban J connectivity index is 2.53. The van der Waals surface area contributed by atoms with E-state index in [2.05, 4.69) is 10.6 Å². The number of ketones is 1. The number of carbonyl (C=O) groups is 1. The Morgan fingerprint density at radius 2 is 2.15 bits per heavy atom. The fraction of sp³-hybridized carbons (Fsp3) is 0.333. The lowest BCUT2D eigenvalue weighted by Gasteiger charge is -2.31. The number of aromatic hydroxyl groups is 1. The maximum absolute atomic E-state index is 12.3. The van der Waals surface area contributed by atoms with E-state index >= 15 is 0 Å². The number of benzene rings is 1. The number of Topliss-reactive ketones (excluding diaryl/α,β-unsaturated/α-hetero) is 1. The summed E-state index contributed by atoms with van der Waals surface area (Å²) in [4.78, 5) is 12.3. The highest BCUT2D eigenvalue weighted by Gasteiger charge is 2.29. The highest BCUT2D eigenvalue weighted by atomic mass is 32.1. The number of phenolic OH excluding ortho intramolecular Hbond substituents is 1. The number of carbonyl (C=O) groups excluding carboxylic acids is 1. The van der Waals surface area contributed by atoms with Gasteiger partial charge in [-0.1, -0.05) is 26.0 Å². The minimum atomic E-state index is -0.307. The van der Waals surface area contributed by atoms with Crippen molar-refractivity contribution in [2.75, 3.05) is 0 Å². The second-order valence-electron chi connectivity index (χ2n) is 4.65. The van der Waals surface area contributed by atoms with Crippen LogP contribution in [0.25, 0.3) is 0 Å². The zero-order valence-corrected chi connectivity index (χ0v) is 12.4. The molecule has 0 radical (unpaired) electrons. The molecule has 1 heterocycles. The van der Waals surface area contributed by atoms with E-state index in [9.17, 15) is 9.90 Å². The number of allylic oxidation sites excluding steroid dienone is 1. The van der Waals surface area contributed by atoms with Gasteiger partial charge < -0.3 is 15.7 Å². The van der Waals surface area contributed by atoms with Gasteiger partial charge in [0.05, 0.1) is 6.04 Å². The number of hydrogen-bond donors (Lipinski definition) is 3. The summed E-state index contributed by atoms with van der Waals surface area (Å²) in [7, 11) is 0. The van der Waals surface area contributed by atoms with E-state index in [1.165, 1.54) is 0 Å². The van der Waals surface area contributed by atoms with Crippen LogP contribution in [0.1, 0.15) is 38.3 Å². The van der Waals surface area contributed by atoms with Crippen LogP contribution in [0.4, 0.5) is 0 Å². The van der Waals surface area contributed by atoms with Crippen LogP contribution in [0.2, 0.25) is 0 Å². The minimum absolute atomic E-state index is 0.0812. The molecule has 1 aromatic rings. The number of phenols is 1. The van der Waals surface area contributed by atoms with Gasteiger partial charge in [0.15, 0.2) is 10.9 Å². The molecule has 1 aromatic carbocycles. The summed E-state index contributed by atoms with van der Waals surface area (Å²) in [6.07, 6.45) is 1.14. The first kappa shape index (κ1) is 14.5. The molecule has 0 saturated heterocycles. The van der Waals surface area contributed by atoms with Crippen molar-refractivity contribution >= 4 is 23.1 Å². The molecule has 0 fully saturated rings. The van der Waals surface area contributed by atoms with Gasteiger partial charge in [0, 0.05) is 17.7 Å². The normalized spacial score (nSPS) is 18.5. The molecule has 20 heavy (non-hydrogen) atoms. The SMILES string of the molecule is CCC(=O)C1=C(CC)NC(=S)NC1c1cccc(O)c1. The third-order valence-electron chi connectivity index (χ3n) is 3.33. The number of nitrogens with one attached hydrogen (secondary N) is 2. The molecule has 0 spiro atoms. The van der Waals surface area contributed by atoms with Crippen LogP contribution in [0, 0.1) is 0 Å². The van der Waals surface area contributed by atoms with Gasteiger partial charge in [-0.2, -0.15) is 0 Å². The first-order valence-corrected chi connectivity index (χ1v) is 7.10. The average Bonchev–Trinajstić information content (AvgIpc) is 2.45. The van der Waals surface area contributed by atoms with E-state index in [0.29, 0.717) is 23.5 Å². The van der Waals surface area contributed by atoms with Crippen LogP contribution >= 0.6 is 12.2 Å². The summed E-state index contributed by atoms with van der Waals surface area (Å²) >= 11 is 5.20. The van der Waals surface area contributed by atoms with Crippen LogP contribution in [-0.4, -0.2) is 16.0 Å². The summed E-state index contributed by atoms with van der Waals surface area (Å²) in [5.74, 6) is 0.257. The Morgan fingerprint density at radius 1 is 1.40 bits per heavy atom. The average molecular weight is 290 g/mol. The van der Waals surface area contributed by atoms with Crippen molar-refractivity contribution in [3.8, 4) is 5.75 Å². The van der Waals surface area contributed by atoms with Crippen LogP contribution < -0.4 is 10.6 Å². The first-order valence-electron chi connectivity index (χ1n) is 6.69. The van der Waals surface area contributed by atoms with Crippen LogP contribution in [0.15, 0.2) is 35.5 Å². The molecule has 1 unspecified atom stereocenters. The number of thiocarbonyl (C=S) groups is 1. The quantitative estimate of drug-likeness (QED) is 0.744. The number of hydrogen-bond acceptors (Lipinski definition) is 3. The van der Waals surface area contributed by atoms with Gasteiger partial charge in [-0.3, -0.25) is 4.79 Å². The molecular weight excluding hydrogens is 272 g/mol. The van der Waals surface area contributed by atoms with Gasteiger partial charge >= 0.3 is 0 Å². The van der Waals surface area contributed by atoms with Gasteiger partial charge in [0.1, 0.15) is 5.75 Å². The summed E-state index contributed by atoms with van der Waals surface area (Å²) in [5.41, 5.74) is 2.39. The molecule has 3 N–H and O–H groups in total. The van der Waals surface area contributed by atoms with E-state index in [-0.39, 0.29) is 17.6 Å². The first-order chi connectivity index (χ1) is 9.56. The molecule has 1 atom stereocenters. The Kier molecular flexibility index (Phi) is 4.39. The van der Waals surface area contributed by atoms with Crippen LogP contribution in [-0.2, 0) is 4.79 Å². The second-order valence-corrected chi connectivity index (χ2v) is 5.06. The largest absolute Gasteiger partial charge is 0.508 e. The molecule has 0 aromatic heterocycles. The third-order valence-corrected chi connectivity index (χ3v) is 3.55. The summed E-state index contributed by atoms with van der Waals surface area (Å²) in [6, 6.07) is 6.59. The van der Waals surface area contributed by atoms with Gasteiger partial charge in [0.25, 0.3) is 0 Å². The second kappa shape index (κ2) is 6.05. The molecule has 0 saturated carbocycles. The lowest BCUT2D eigenvalue weighted by molar-refractivity contribution is -0.115. The Morgan fingerprint density at radius 3 is 2.75 bits per heavy atom. The van der Waals surface area contributed by atoms with E-state index in [4.69, 9.17) is 12.2 Å². The lowest BCUT2D eigenvalue weighted by Crippen LogP contribution is -2.45. The topological polar surface area (TPSA) is 61.4 Å². The Labute approximate surface area is 123 Å². The van der Waals surface area contributed by atoms with Crippen molar-refractivity contribution in [1.82, 2.24) is 10.6 Å². The van der Waals surface area contributed by atoms with Crippen molar-refractivity contribution in [3.63, 3.8) is 0 Å². The molecule has 0 aliphatic carbocycles. The van der Waals surface area contributed by atoms with Crippen molar-refractivity contribution in [1.29, 1.82) is 0 Å². The molecule has 0 amide bonds. The summed E-state index contributed by atoms with van der Waals surface area (Å²) in [6.45, 7) is 3.83. The van der Waals surface area contributed by atoms with Crippen molar-refractivity contribution in [3.05, 3.63) is 41.1 Å². The molecule has 1 aliphatic rings. The number of rotatable bonds is 4. The zero-order valence-electron chi connectivity index (χ0n) is 11.6. The molecule has 4 nitrogen and oxygen atoms in total. The van der Waals surface area contributed by atoms with E-state index < -0.39 is 0 Å². The smallest absolute Gasteiger partial charge is 0.171 e. The molecule has 2 rings (SSSR count). The standard InChI is InChI=1S/C15H18N2O2S/c1-3-11-13(12(19)4-2)14(17-15(20)16-11)9-6-5-7-10(18)8-9/h5-8,14,18H,3-4H2,1-2H3,(H2,16,17,20). The van der Waals surface area contributed by atoms with Gasteiger partial charge in [-0.15, -0.1) is 0 Å². The van der Waals surface area contributed by atoms with E-state index in [0.717, 1.165) is 11.3 Å². The molecular formula is C15H18N2O2S. The van der Waals surface area contributed by atoms with E-state index in [1.54, 1.807) is 18.2 Å². The minimum Gasteiger partial charge on any atom is -0.508 e. The molecule has 0 bridgehead atoms.